The van der Waals surface area contributed by atoms with Crippen molar-refractivity contribution in [2.45, 2.75) is 20.3 Å². The zero-order chi connectivity index (χ0) is 17.4. The summed E-state index contributed by atoms with van der Waals surface area (Å²) in [7, 11) is 1.72. The Morgan fingerprint density at radius 1 is 1.29 bits per heavy atom. The normalized spacial score (nSPS) is 11.0. The number of hydrogen-bond acceptors (Lipinski definition) is 3. The maximum atomic E-state index is 12.9. The zero-order valence-electron chi connectivity index (χ0n) is 13.6. The van der Waals surface area contributed by atoms with Crippen LogP contribution in [0.25, 0.3) is 11.0 Å². The Balaban J connectivity index is 1.92. The summed E-state index contributed by atoms with van der Waals surface area (Å²) in [6, 6.07) is 5.55. The molecule has 2 heterocycles. The number of halogens is 1. The average molecular weight is 328 g/mol. The SMILES string of the molecule is Cc1nc2c(c(C)c1CC(=O)Nc1ccc(F)cc1)c(=O)[nH]n2C. The van der Waals surface area contributed by atoms with Crippen LogP contribution in [0, 0.1) is 19.7 Å². The average Bonchev–Trinajstić information content (AvgIpc) is 2.80. The van der Waals surface area contributed by atoms with Crippen molar-refractivity contribution in [1.29, 1.82) is 0 Å². The molecule has 2 aromatic heterocycles. The number of nitrogens with zero attached hydrogens (tertiary/aromatic N) is 2. The van der Waals surface area contributed by atoms with Crippen LogP contribution < -0.4 is 10.9 Å². The summed E-state index contributed by atoms with van der Waals surface area (Å²) in [6.45, 7) is 3.62. The van der Waals surface area contributed by atoms with E-state index in [2.05, 4.69) is 15.4 Å². The maximum absolute atomic E-state index is 12.9. The first-order valence-corrected chi connectivity index (χ1v) is 7.47. The predicted molar refractivity (Wildman–Crippen MR) is 89.5 cm³/mol. The van der Waals surface area contributed by atoms with Gasteiger partial charge in [0.15, 0.2) is 5.65 Å². The Hall–Kier alpha value is -2.96. The van der Waals surface area contributed by atoms with E-state index < -0.39 is 0 Å². The second-order valence-electron chi connectivity index (χ2n) is 5.73. The number of H-pyrrole nitrogens is 1. The van der Waals surface area contributed by atoms with E-state index in [4.69, 9.17) is 0 Å². The number of aromatic amines is 1. The molecule has 0 unspecified atom stereocenters. The summed E-state index contributed by atoms with van der Waals surface area (Å²) >= 11 is 0. The van der Waals surface area contributed by atoms with Crippen LogP contribution in [0.1, 0.15) is 16.8 Å². The van der Waals surface area contributed by atoms with E-state index in [0.717, 1.165) is 11.1 Å². The number of benzene rings is 1. The molecule has 0 fully saturated rings. The number of anilines is 1. The van der Waals surface area contributed by atoms with Crippen LogP contribution in [0.3, 0.4) is 0 Å². The minimum absolute atomic E-state index is 0.0896. The lowest BCUT2D eigenvalue weighted by Gasteiger charge is -2.11. The first-order chi connectivity index (χ1) is 11.4. The third-order valence-electron chi connectivity index (χ3n) is 4.04. The molecule has 0 saturated heterocycles. The van der Waals surface area contributed by atoms with Crippen molar-refractivity contribution in [1.82, 2.24) is 14.8 Å². The van der Waals surface area contributed by atoms with Crippen LogP contribution in [0.4, 0.5) is 10.1 Å². The minimum atomic E-state index is -0.363. The lowest BCUT2D eigenvalue weighted by molar-refractivity contribution is -0.115. The number of fused-ring (bicyclic) bond motifs is 1. The molecule has 0 aliphatic carbocycles. The molecule has 3 aromatic rings. The van der Waals surface area contributed by atoms with Gasteiger partial charge in [-0.15, -0.1) is 0 Å². The highest BCUT2D eigenvalue weighted by molar-refractivity contribution is 5.93. The first-order valence-electron chi connectivity index (χ1n) is 7.47. The Kier molecular flexibility index (Phi) is 3.92. The second kappa shape index (κ2) is 5.92. The van der Waals surface area contributed by atoms with E-state index in [1.807, 2.05) is 13.8 Å². The topological polar surface area (TPSA) is 79.8 Å². The number of carbonyl (C=O) groups is 1. The molecule has 0 radical (unpaired) electrons. The molecule has 0 atom stereocenters. The summed E-state index contributed by atoms with van der Waals surface area (Å²) in [6.07, 6.45) is 0.0896. The minimum Gasteiger partial charge on any atom is -0.326 e. The van der Waals surface area contributed by atoms with Crippen molar-refractivity contribution in [2.75, 3.05) is 5.32 Å². The molecule has 2 N–H and O–H groups in total. The monoisotopic (exact) mass is 328 g/mol. The molecule has 1 amide bonds. The van der Waals surface area contributed by atoms with Gasteiger partial charge in [-0.2, -0.15) is 0 Å². The summed E-state index contributed by atoms with van der Waals surface area (Å²) in [4.78, 5) is 28.7. The van der Waals surface area contributed by atoms with Crippen LogP contribution in [0.15, 0.2) is 29.1 Å². The summed E-state index contributed by atoms with van der Waals surface area (Å²) in [5.41, 5.74) is 3.02. The molecule has 0 bridgehead atoms. The quantitative estimate of drug-likeness (QED) is 0.773. The molecule has 1 aromatic carbocycles. The van der Waals surface area contributed by atoms with Crippen molar-refractivity contribution in [2.24, 2.45) is 7.05 Å². The van der Waals surface area contributed by atoms with E-state index in [1.165, 1.54) is 24.3 Å². The molecule has 0 saturated carbocycles. The number of hydrogen-bond donors (Lipinski definition) is 2. The van der Waals surface area contributed by atoms with Gasteiger partial charge in [-0.05, 0) is 49.2 Å². The molecule has 3 rings (SSSR count). The van der Waals surface area contributed by atoms with Gasteiger partial charge in [-0.1, -0.05) is 0 Å². The van der Waals surface area contributed by atoms with Gasteiger partial charge in [0.1, 0.15) is 5.82 Å². The smallest absolute Gasteiger partial charge is 0.273 e. The fourth-order valence-corrected chi connectivity index (χ4v) is 2.81. The molecule has 0 aliphatic heterocycles. The highest BCUT2D eigenvalue weighted by Gasteiger charge is 2.17. The number of aromatic nitrogens is 3. The van der Waals surface area contributed by atoms with Gasteiger partial charge in [0.05, 0.1) is 11.8 Å². The van der Waals surface area contributed by atoms with E-state index in [0.29, 0.717) is 22.4 Å². The number of nitrogens with one attached hydrogen (secondary N) is 2. The summed E-state index contributed by atoms with van der Waals surface area (Å²) < 4.78 is 14.5. The fourth-order valence-electron chi connectivity index (χ4n) is 2.81. The lowest BCUT2D eigenvalue weighted by Crippen LogP contribution is -2.17. The Labute approximate surface area is 137 Å². The maximum Gasteiger partial charge on any atom is 0.273 e. The number of rotatable bonds is 3. The van der Waals surface area contributed by atoms with Crippen molar-refractivity contribution >= 4 is 22.6 Å². The van der Waals surface area contributed by atoms with Gasteiger partial charge in [-0.25, -0.2) is 9.37 Å². The third kappa shape index (κ3) is 2.80. The fraction of sp³-hybridized carbons (Fsp3) is 0.235. The molecule has 6 nitrogen and oxygen atoms in total. The van der Waals surface area contributed by atoms with Crippen LogP contribution in [-0.2, 0) is 18.3 Å². The van der Waals surface area contributed by atoms with Crippen molar-refractivity contribution < 1.29 is 9.18 Å². The van der Waals surface area contributed by atoms with E-state index in [9.17, 15) is 14.0 Å². The van der Waals surface area contributed by atoms with Gasteiger partial charge in [0.25, 0.3) is 5.56 Å². The second-order valence-corrected chi connectivity index (χ2v) is 5.73. The van der Waals surface area contributed by atoms with Crippen molar-refractivity contribution in [3.8, 4) is 0 Å². The molecular weight excluding hydrogens is 311 g/mol. The molecule has 0 spiro atoms. The van der Waals surface area contributed by atoms with Gasteiger partial charge >= 0.3 is 0 Å². The third-order valence-corrected chi connectivity index (χ3v) is 4.04. The van der Waals surface area contributed by atoms with Gasteiger partial charge in [-0.3, -0.25) is 19.4 Å². The van der Waals surface area contributed by atoms with Crippen molar-refractivity contribution in [3.63, 3.8) is 0 Å². The van der Waals surface area contributed by atoms with Crippen LogP contribution in [0.2, 0.25) is 0 Å². The molecule has 24 heavy (non-hydrogen) atoms. The molecule has 124 valence electrons. The number of amides is 1. The highest BCUT2D eigenvalue weighted by atomic mass is 19.1. The predicted octanol–water partition coefficient (Wildman–Crippen LogP) is 2.20. The van der Waals surface area contributed by atoms with Crippen LogP contribution in [-0.4, -0.2) is 20.7 Å². The van der Waals surface area contributed by atoms with Gasteiger partial charge in [0, 0.05) is 18.4 Å². The van der Waals surface area contributed by atoms with Crippen LogP contribution >= 0.6 is 0 Å². The van der Waals surface area contributed by atoms with Crippen LogP contribution in [0.5, 0.6) is 0 Å². The highest BCUT2D eigenvalue weighted by Crippen LogP contribution is 2.20. The molecule has 7 heteroatoms. The Morgan fingerprint density at radius 2 is 1.96 bits per heavy atom. The van der Waals surface area contributed by atoms with E-state index in [1.54, 1.807) is 11.7 Å². The number of pyridine rings is 1. The Morgan fingerprint density at radius 3 is 2.62 bits per heavy atom. The van der Waals surface area contributed by atoms with E-state index >= 15 is 0 Å². The Bertz CT molecular complexity index is 986. The largest absolute Gasteiger partial charge is 0.326 e. The molecule has 0 aliphatic rings. The van der Waals surface area contributed by atoms with Crippen molar-refractivity contribution in [3.05, 3.63) is 57.3 Å². The summed E-state index contributed by atoms with van der Waals surface area (Å²) in [5, 5.41) is 5.88. The van der Waals surface area contributed by atoms with Gasteiger partial charge < -0.3 is 5.32 Å². The number of carbonyl (C=O) groups excluding carboxylic acids is 1. The zero-order valence-corrected chi connectivity index (χ0v) is 13.6. The van der Waals surface area contributed by atoms with E-state index in [-0.39, 0.29) is 23.7 Å². The number of aryl methyl sites for hydroxylation is 3. The lowest BCUT2D eigenvalue weighted by atomic mass is 10.0. The standard InChI is InChI=1S/C17H17FN4O2/c1-9-13(8-14(23)20-12-6-4-11(18)5-7-12)10(2)19-16-15(9)17(24)21-22(16)3/h4-7H,8H2,1-3H3,(H,20,23)(H,21,24). The summed E-state index contributed by atoms with van der Waals surface area (Å²) in [5.74, 6) is -0.612. The molecular formula is C17H17FN4O2. The first kappa shape index (κ1) is 15.9. The van der Waals surface area contributed by atoms with Gasteiger partial charge in [0.2, 0.25) is 5.91 Å².